The van der Waals surface area contributed by atoms with Crippen LogP contribution in [0.4, 0.5) is 0 Å². The second kappa shape index (κ2) is 26.1. The summed E-state index contributed by atoms with van der Waals surface area (Å²) in [4.78, 5) is 54.3. The van der Waals surface area contributed by atoms with Gasteiger partial charge in [-0.15, -0.1) is 0 Å². The largest absolute Gasteiger partial charge is 0.507 e. The van der Waals surface area contributed by atoms with Crippen LogP contribution in [0, 0.1) is 0 Å². The highest BCUT2D eigenvalue weighted by molar-refractivity contribution is 6.11. The molecule has 0 aliphatic heterocycles. The summed E-state index contributed by atoms with van der Waals surface area (Å²) in [5.74, 6) is -1.85. The van der Waals surface area contributed by atoms with Crippen LogP contribution in [0.15, 0.2) is 315 Å². The van der Waals surface area contributed by atoms with Crippen LogP contribution >= 0.6 is 0 Å². The second-order valence-corrected chi connectivity index (χ2v) is 23.0. The van der Waals surface area contributed by atoms with Crippen molar-refractivity contribution in [2.75, 3.05) is 0 Å². The molecule has 0 radical (unpaired) electrons. The highest BCUT2D eigenvalue weighted by Gasteiger charge is 2.48. The van der Waals surface area contributed by atoms with Crippen LogP contribution in [0.3, 0.4) is 0 Å². The van der Waals surface area contributed by atoms with Gasteiger partial charge in [0.05, 0.1) is 33.1 Å². The molecule has 12 aromatic carbocycles. The molecule has 8 nitrogen and oxygen atoms in total. The van der Waals surface area contributed by atoms with E-state index >= 15 is 0 Å². The molecular weight excluding hydrogens is 1160 g/mol. The number of ketones is 4. The molecule has 2 aliphatic rings. The lowest BCUT2D eigenvalue weighted by molar-refractivity contribution is 0.103. The first kappa shape index (κ1) is 60.4. The van der Waals surface area contributed by atoms with Gasteiger partial charge in [-0.25, -0.2) is 0 Å². The average Bonchev–Trinajstić information content (AvgIpc) is 1.53. The van der Waals surface area contributed by atoms with Crippen LogP contribution in [-0.2, 0) is 10.8 Å². The van der Waals surface area contributed by atoms with Crippen LogP contribution in [0.1, 0.15) is 108 Å². The lowest BCUT2D eigenvalue weighted by atomic mass is 9.67. The lowest BCUT2D eigenvalue weighted by Crippen LogP contribution is -2.29. The van der Waals surface area contributed by atoms with Crippen LogP contribution in [-0.4, -0.2) is 43.6 Å². The van der Waals surface area contributed by atoms with Gasteiger partial charge in [-0.05, 0) is 162 Å². The van der Waals surface area contributed by atoms with Gasteiger partial charge in [-0.1, -0.05) is 267 Å². The minimum Gasteiger partial charge on any atom is -0.507 e. The Bertz CT molecular complexity index is 4390. The minimum absolute atomic E-state index is 0.126. The molecule has 2 aliphatic carbocycles. The zero-order valence-corrected chi connectivity index (χ0v) is 50.8. The van der Waals surface area contributed by atoms with E-state index in [-0.39, 0.29) is 68.4 Å². The quantitative estimate of drug-likeness (QED) is 0.0552. The first-order valence-electron chi connectivity index (χ1n) is 30.8. The van der Waals surface area contributed by atoms with Crippen molar-refractivity contribution in [2.45, 2.75) is 10.8 Å². The highest BCUT2D eigenvalue weighted by Crippen LogP contribution is 2.58. The number of aromatic hydroxyl groups is 4. The molecule has 0 aromatic heterocycles. The third-order valence-electron chi connectivity index (χ3n) is 17.6. The summed E-state index contributed by atoms with van der Waals surface area (Å²) < 4.78 is 0. The maximum atomic E-state index is 13.6. The number of carbonyl (C=O) groups is 4. The molecule has 0 unspecified atom stereocenters. The van der Waals surface area contributed by atoms with Crippen LogP contribution < -0.4 is 0 Å². The number of carbonyl (C=O) groups excluding carboxylic acids is 4. The third kappa shape index (κ3) is 11.4. The van der Waals surface area contributed by atoms with E-state index in [0.717, 1.165) is 89.0 Å². The summed E-state index contributed by atoms with van der Waals surface area (Å²) in [6.45, 7) is 0. The van der Waals surface area contributed by atoms with E-state index in [4.69, 9.17) is 0 Å². The Hall–Kier alpha value is -12.5. The molecule has 0 bridgehead atoms. The number of benzene rings is 12. The SMILES string of the molecule is O=C(C=Cc1ccccc1)c1cc(C2(c3ccc(O)c(C(=O)C=Cc4ccccc4)c3)c3ccccc3-c3ccccc32)ccc1O.O=C(C=Cc1ccccc1)c1cc(C2(c3ccc(O)c(C(=O)C=Cc4ccccc4)c3)c3ccccc3-c3ccccc32)ccc1O. The number of hydrogen-bond acceptors (Lipinski definition) is 8. The molecule has 14 rings (SSSR count). The molecule has 0 atom stereocenters. The van der Waals surface area contributed by atoms with Gasteiger partial charge < -0.3 is 20.4 Å². The number of fused-ring (bicyclic) bond motifs is 6. The van der Waals surface area contributed by atoms with Crippen LogP contribution in [0.25, 0.3) is 46.6 Å². The molecule has 0 fully saturated rings. The molecule has 0 saturated carbocycles. The maximum Gasteiger partial charge on any atom is 0.189 e. The fourth-order valence-electron chi connectivity index (χ4n) is 13.2. The van der Waals surface area contributed by atoms with Gasteiger partial charge in [-0.2, -0.15) is 0 Å². The van der Waals surface area contributed by atoms with E-state index in [2.05, 4.69) is 48.5 Å². The van der Waals surface area contributed by atoms with Gasteiger partial charge in [0.1, 0.15) is 23.0 Å². The van der Waals surface area contributed by atoms with Gasteiger partial charge >= 0.3 is 0 Å². The highest BCUT2D eigenvalue weighted by atomic mass is 16.3. The summed E-state index contributed by atoms with van der Waals surface area (Å²) in [7, 11) is 0. The van der Waals surface area contributed by atoms with E-state index in [0.29, 0.717) is 0 Å². The first-order valence-corrected chi connectivity index (χ1v) is 30.8. The fraction of sp³-hybridized carbons (Fsp3) is 0.0233. The lowest BCUT2D eigenvalue weighted by Gasteiger charge is -2.34. The zero-order valence-electron chi connectivity index (χ0n) is 50.8. The van der Waals surface area contributed by atoms with E-state index in [1.54, 1.807) is 72.8 Å². The zero-order chi connectivity index (χ0) is 64.8. The Morgan fingerprint density at radius 1 is 0.234 bits per heavy atom. The third-order valence-corrected chi connectivity index (χ3v) is 17.6. The van der Waals surface area contributed by atoms with Crippen molar-refractivity contribution in [3.8, 4) is 45.3 Å². The standard InChI is InChI=1S/2C43H30O4/c2*44-39(23-19-29-11-3-1-4-12-29)35-27-31(21-25-41(35)46)43(37-17-9-7-15-33(37)34-16-8-10-18-38(34)43)32-22-26-42(47)36(28-32)40(45)24-20-30-13-5-2-6-14-30/h2*1-28,46-47H. The van der Waals surface area contributed by atoms with Crippen molar-refractivity contribution < 1.29 is 39.6 Å². The average molecular weight is 1220 g/mol. The van der Waals surface area contributed by atoms with Gasteiger partial charge in [-0.3, -0.25) is 19.2 Å². The molecule has 4 N–H and O–H groups in total. The predicted octanol–water partition coefficient (Wildman–Crippen LogP) is 18.5. The fourth-order valence-corrected chi connectivity index (χ4v) is 13.2. The Labute approximate surface area is 544 Å². The van der Waals surface area contributed by atoms with Gasteiger partial charge in [0.2, 0.25) is 0 Å². The maximum absolute atomic E-state index is 13.6. The van der Waals surface area contributed by atoms with Gasteiger partial charge in [0, 0.05) is 0 Å². The van der Waals surface area contributed by atoms with Crippen molar-refractivity contribution in [3.05, 3.63) is 405 Å². The van der Waals surface area contributed by atoms with E-state index in [1.807, 2.05) is 194 Å². The van der Waals surface area contributed by atoms with Crippen molar-refractivity contribution in [1.29, 1.82) is 0 Å². The van der Waals surface area contributed by atoms with Crippen molar-refractivity contribution in [3.63, 3.8) is 0 Å². The topological polar surface area (TPSA) is 149 Å². The Balaban J connectivity index is 0.000000171. The summed E-state index contributed by atoms with van der Waals surface area (Å²) in [5.41, 5.74) is 13.1. The number of phenols is 4. The monoisotopic (exact) mass is 1220 g/mol. The Morgan fingerprint density at radius 2 is 0.426 bits per heavy atom. The van der Waals surface area contributed by atoms with Crippen molar-refractivity contribution in [2.24, 2.45) is 0 Å². The minimum atomic E-state index is -0.967. The van der Waals surface area contributed by atoms with Crippen molar-refractivity contribution in [1.82, 2.24) is 0 Å². The Morgan fingerprint density at radius 3 is 0.638 bits per heavy atom. The van der Waals surface area contributed by atoms with Crippen LogP contribution in [0.5, 0.6) is 23.0 Å². The molecule has 8 heteroatoms. The number of phenolic OH excluding ortho intramolecular Hbond substituents is 4. The molecule has 0 amide bonds. The molecule has 12 aromatic rings. The summed E-state index contributed by atoms with van der Waals surface area (Å²) in [5, 5.41) is 43.8. The summed E-state index contributed by atoms with van der Waals surface area (Å²) >= 11 is 0. The molecule has 0 heterocycles. The second-order valence-electron chi connectivity index (χ2n) is 23.0. The number of rotatable bonds is 16. The molecule has 94 heavy (non-hydrogen) atoms. The molecule has 452 valence electrons. The predicted molar refractivity (Wildman–Crippen MR) is 373 cm³/mol. The number of allylic oxidation sites excluding steroid dienone is 4. The van der Waals surface area contributed by atoms with E-state index in [1.165, 1.54) is 24.3 Å². The van der Waals surface area contributed by atoms with E-state index < -0.39 is 10.8 Å². The molecular formula is C86H60O8. The molecule has 0 spiro atoms. The van der Waals surface area contributed by atoms with Crippen LogP contribution in [0.2, 0.25) is 0 Å². The van der Waals surface area contributed by atoms with Gasteiger partial charge in [0.15, 0.2) is 23.1 Å². The summed E-state index contributed by atoms with van der Waals surface area (Å²) in [6, 6.07) is 90.9. The van der Waals surface area contributed by atoms with Crippen molar-refractivity contribution >= 4 is 47.4 Å². The number of hydrogen-bond donors (Lipinski definition) is 4. The Kier molecular flexibility index (Phi) is 16.8. The first-order chi connectivity index (χ1) is 45.9. The normalized spacial score (nSPS) is 13.0. The van der Waals surface area contributed by atoms with E-state index in [9.17, 15) is 39.6 Å². The van der Waals surface area contributed by atoms with Gasteiger partial charge in [0.25, 0.3) is 0 Å². The smallest absolute Gasteiger partial charge is 0.189 e. The summed E-state index contributed by atoms with van der Waals surface area (Å²) in [6.07, 6.45) is 12.8. The molecule has 0 saturated heterocycles.